The molecule has 6 heteroatoms. The van der Waals surface area contributed by atoms with Crippen LogP contribution in [0, 0.1) is 17.0 Å². The molecule has 0 saturated heterocycles. The topological polar surface area (TPSA) is 84.3 Å². The second kappa shape index (κ2) is 5.29. The minimum Gasteiger partial charge on any atom is -0.374 e. The molecular formula is C11H15N3O3. The largest absolute Gasteiger partial charge is 0.374 e. The smallest absolute Gasteiger partial charge is 0.272 e. The number of benzene rings is 1. The fraction of sp³-hybridized carbons (Fsp3) is 0.364. The number of rotatable bonds is 4. The molecule has 0 fully saturated rings. The zero-order valence-electron chi connectivity index (χ0n) is 9.98. The van der Waals surface area contributed by atoms with E-state index in [2.05, 4.69) is 10.6 Å². The van der Waals surface area contributed by atoms with E-state index in [1.54, 1.807) is 33.0 Å². The lowest BCUT2D eigenvalue weighted by atomic mass is 10.1. The van der Waals surface area contributed by atoms with Crippen LogP contribution in [0.4, 0.5) is 11.4 Å². The van der Waals surface area contributed by atoms with Crippen molar-refractivity contribution in [1.29, 1.82) is 0 Å². The van der Waals surface area contributed by atoms with Crippen molar-refractivity contribution in [3.63, 3.8) is 0 Å². The first-order valence-corrected chi connectivity index (χ1v) is 5.19. The number of amides is 1. The molecule has 0 bridgehead atoms. The minimum atomic E-state index is -0.429. The van der Waals surface area contributed by atoms with Crippen molar-refractivity contribution in [3.8, 4) is 0 Å². The predicted molar refractivity (Wildman–Crippen MR) is 65.0 cm³/mol. The molecule has 0 aliphatic carbocycles. The molecule has 1 amide bonds. The van der Waals surface area contributed by atoms with Gasteiger partial charge >= 0.3 is 0 Å². The Labute approximate surface area is 99.2 Å². The van der Waals surface area contributed by atoms with Crippen LogP contribution in [0.1, 0.15) is 12.5 Å². The Morgan fingerprint density at radius 3 is 2.59 bits per heavy atom. The van der Waals surface area contributed by atoms with Crippen LogP contribution in [0.15, 0.2) is 18.2 Å². The van der Waals surface area contributed by atoms with Crippen LogP contribution in [0.2, 0.25) is 0 Å². The van der Waals surface area contributed by atoms with Gasteiger partial charge in [0, 0.05) is 24.4 Å². The molecule has 0 aliphatic rings. The summed E-state index contributed by atoms with van der Waals surface area (Å²) >= 11 is 0. The second-order valence-corrected chi connectivity index (χ2v) is 3.74. The van der Waals surface area contributed by atoms with Crippen molar-refractivity contribution >= 4 is 17.3 Å². The number of nitro groups is 1. The molecule has 1 aromatic rings. The van der Waals surface area contributed by atoms with Crippen molar-refractivity contribution in [2.75, 3.05) is 12.4 Å². The SMILES string of the molecule is CNC(=O)[C@H](C)Nc1ccc([N+](=O)[O-])c(C)c1. The molecule has 0 saturated carbocycles. The van der Waals surface area contributed by atoms with Crippen LogP contribution in [0.25, 0.3) is 0 Å². The molecule has 17 heavy (non-hydrogen) atoms. The van der Waals surface area contributed by atoms with Gasteiger partial charge in [-0.1, -0.05) is 0 Å². The fourth-order valence-corrected chi connectivity index (χ4v) is 1.48. The Kier molecular flexibility index (Phi) is 4.03. The lowest BCUT2D eigenvalue weighted by Crippen LogP contribution is -2.35. The summed E-state index contributed by atoms with van der Waals surface area (Å²) in [5, 5.41) is 16.1. The van der Waals surface area contributed by atoms with Gasteiger partial charge in [0.1, 0.15) is 6.04 Å². The van der Waals surface area contributed by atoms with Gasteiger partial charge in [-0.05, 0) is 26.0 Å². The monoisotopic (exact) mass is 237 g/mol. The Bertz CT molecular complexity index is 446. The van der Waals surface area contributed by atoms with E-state index in [0.717, 1.165) is 0 Å². The van der Waals surface area contributed by atoms with Crippen molar-refractivity contribution in [3.05, 3.63) is 33.9 Å². The number of hydrogen-bond acceptors (Lipinski definition) is 4. The molecular weight excluding hydrogens is 222 g/mol. The van der Waals surface area contributed by atoms with Gasteiger partial charge in [0.05, 0.1) is 4.92 Å². The maximum Gasteiger partial charge on any atom is 0.272 e. The summed E-state index contributed by atoms with van der Waals surface area (Å²) in [6.45, 7) is 3.38. The summed E-state index contributed by atoms with van der Waals surface area (Å²) in [4.78, 5) is 21.5. The van der Waals surface area contributed by atoms with Gasteiger partial charge in [-0.15, -0.1) is 0 Å². The molecule has 0 radical (unpaired) electrons. The van der Waals surface area contributed by atoms with Crippen LogP contribution in [0.5, 0.6) is 0 Å². The van der Waals surface area contributed by atoms with E-state index in [-0.39, 0.29) is 17.6 Å². The minimum absolute atomic E-state index is 0.0724. The van der Waals surface area contributed by atoms with Gasteiger partial charge < -0.3 is 10.6 Å². The van der Waals surface area contributed by atoms with Crippen molar-refractivity contribution in [2.45, 2.75) is 19.9 Å². The number of nitrogens with zero attached hydrogens (tertiary/aromatic N) is 1. The third-order valence-electron chi connectivity index (χ3n) is 2.42. The standard InChI is InChI=1S/C11H15N3O3/c1-7-6-9(4-5-10(7)14(16)17)13-8(2)11(15)12-3/h4-6,8,13H,1-3H3,(H,12,15)/t8-/m0/s1. The fourth-order valence-electron chi connectivity index (χ4n) is 1.48. The first-order valence-electron chi connectivity index (χ1n) is 5.19. The van der Waals surface area contributed by atoms with Gasteiger partial charge in [-0.25, -0.2) is 0 Å². The van der Waals surface area contributed by atoms with Gasteiger partial charge in [0.25, 0.3) is 5.69 Å². The highest BCUT2D eigenvalue weighted by Gasteiger charge is 2.13. The van der Waals surface area contributed by atoms with Crippen molar-refractivity contribution in [1.82, 2.24) is 5.32 Å². The molecule has 0 unspecified atom stereocenters. The molecule has 0 heterocycles. The van der Waals surface area contributed by atoms with E-state index < -0.39 is 4.92 Å². The zero-order valence-corrected chi connectivity index (χ0v) is 9.98. The Hall–Kier alpha value is -2.11. The third kappa shape index (κ3) is 3.17. The van der Waals surface area contributed by atoms with Crippen LogP contribution in [0.3, 0.4) is 0 Å². The lowest BCUT2D eigenvalue weighted by Gasteiger charge is -2.13. The molecule has 1 atom stereocenters. The van der Waals surface area contributed by atoms with Crippen LogP contribution in [-0.2, 0) is 4.79 Å². The highest BCUT2D eigenvalue weighted by atomic mass is 16.6. The number of carbonyl (C=O) groups is 1. The van der Waals surface area contributed by atoms with Gasteiger partial charge in [0.2, 0.25) is 5.91 Å². The molecule has 0 aromatic heterocycles. The summed E-state index contributed by atoms with van der Waals surface area (Å²) in [5.41, 5.74) is 1.32. The quantitative estimate of drug-likeness (QED) is 0.613. The van der Waals surface area contributed by atoms with E-state index in [4.69, 9.17) is 0 Å². The maximum absolute atomic E-state index is 11.3. The number of nitro benzene ring substituents is 1. The average molecular weight is 237 g/mol. The predicted octanol–water partition coefficient (Wildman–Crippen LogP) is 1.45. The number of aryl methyl sites for hydroxylation is 1. The van der Waals surface area contributed by atoms with E-state index in [1.165, 1.54) is 6.07 Å². The van der Waals surface area contributed by atoms with Gasteiger partial charge in [-0.2, -0.15) is 0 Å². The highest BCUT2D eigenvalue weighted by Crippen LogP contribution is 2.21. The zero-order chi connectivity index (χ0) is 13.0. The first-order chi connectivity index (χ1) is 7.95. The summed E-state index contributed by atoms with van der Waals surface area (Å²) in [6, 6.07) is 4.27. The molecule has 92 valence electrons. The number of likely N-dealkylation sites (N-methyl/N-ethyl adjacent to an activating group) is 1. The van der Waals surface area contributed by atoms with E-state index >= 15 is 0 Å². The molecule has 1 rings (SSSR count). The number of anilines is 1. The Balaban J connectivity index is 2.84. The normalized spacial score (nSPS) is 11.7. The van der Waals surface area contributed by atoms with Gasteiger partial charge in [-0.3, -0.25) is 14.9 Å². The number of nitrogens with one attached hydrogen (secondary N) is 2. The molecule has 6 nitrogen and oxygen atoms in total. The third-order valence-corrected chi connectivity index (χ3v) is 2.42. The van der Waals surface area contributed by atoms with Crippen molar-refractivity contribution in [2.24, 2.45) is 0 Å². The summed E-state index contributed by atoms with van der Waals surface area (Å²) in [5.74, 6) is -0.138. The molecule has 0 spiro atoms. The lowest BCUT2D eigenvalue weighted by molar-refractivity contribution is -0.385. The van der Waals surface area contributed by atoms with E-state index in [0.29, 0.717) is 11.3 Å². The van der Waals surface area contributed by atoms with Gasteiger partial charge in [0.15, 0.2) is 0 Å². The second-order valence-electron chi connectivity index (χ2n) is 3.74. The van der Waals surface area contributed by atoms with E-state index in [9.17, 15) is 14.9 Å². The van der Waals surface area contributed by atoms with Crippen LogP contribution < -0.4 is 10.6 Å². The Morgan fingerprint density at radius 2 is 2.12 bits per heavy atom. The maximum atomic E-state index is 11.3. The highest BCUT2D eigenvalue weighted by molar-refractivity contribution is 5.83. The number of carbonyl (C=O) groups excluding carboxylic acids is 1. The summed E-state index contributed by atoms with van der Waals surface area (Å²) in [7, 11) is 1.56. The molecule has 0 aliphatic heterocycles. The van der Waals surface area contributed by atoms with Crippen molar-refractivity contribution < 1.29 is 9.72 Å². The summed E-state index contributed by atoms with van der Waals surface area (Å²) < 4.78 is 0. The van der Waals surface area contributed by atoms with Crippen LogP contribution >= 0.6 is 0 Å². The summed E-state index contributed by atoms with van der Waals surface area (Å²) in [6.07, 6.45) is 0. The number of hydrogen-bond donors (Lipinski definition) is 2. The molecule has 2 N–H and O–H groups in total. The van der Waals surface area contributed by atoms with E-state index in [1.807, 2.05) is 0 Å². The van der Waals surface area contributed by atoms with Crippen LogP contribution in [-0.4, -0.2) is 23.9 Å². The molecule has 1 aromatic carbocycles. The average Bonchev–Trinajstić information content (AvgIpc) is 2.27. The Morgan fingerprint density at radius 1 is 1.47 bits per heavy atom. The first kappa shape index (κ1) is 13.0.